The van der Waals surface area contributed by atoms with Crippen LogP contribution in [0.1, 0.15) is 19.3 Å². The summed E-state index contributed by atoms with van der Waals surface area (Å²) in [5.41, 5.74) is 0. The Kier molecular flexibility index (Phi) is 3.36. The maximum absolute atomic E-state index is 12.5. The number of rotatable bonds is 2. The monoisotopic (exact) mass is 283 g/mol. The molecule has 19 heavy (non-hydrogen) atoms. The molecule has 3 rings (SSSR count). The van der Waals surface area contributed by atoms with Crippen LogP contribution in [-0.4, -0.2) is 39.0 Å². The molecular formula is C13H17NO4S. The lowest BCUT2D eigenvalue weighted by molar-refractivity contribution is 0.171. The molecule has 0 spiro atoms. The normalized spacial score (nSPS) is 20.2. The van der Waals surface area contributed by atoms with Gasteiger partial charge in [0, 0.05) is 19.2 Å². The maximum Gasteiger partial charge on any atom is 0.243 e. The van der Waals surface area contributed by atoms with E-state index in [1.165, 1.54) is 0 Å². The molecule has 0 atom stereocenters. The summed E-state index contributed by atoms with van der Waals surface area (Å²) in [6.07, 6.45) is 2.97. The van der Waals surface area contributed by atoms with Crippen LogP contribution in [0.25, 0.3) is 0 Å². The van der Waals surface area contributed by atoms with E-state index >= 15 is 0 Å². The Morgan fingerprint density at radius 2 is 1.63 bits per heavy atom. The number of sulfonamides is 1. The topological polar surface area (TPSA) is 55.8 Å². The van der Waals surface area contributed by atoms with E-state index in [9.17, 15) is 8.42 Å². The molecule has 1 aromatic rings. The van der Waals surface area contributed by atoms with Crippen LogP contribution in [0.4, 0.5) is 0 Å². The van der Waals surface area contributed by atoms with Gasteiger partial charge in [-0.15, -0.1) is 0 Å². The van der Waals surface area contributed by atoms with Crippen molar-refractivity contribution in [3.8, 4) is 11.5 Å². The van der Waals surface area contributed by atoms with E-state index in [0.717, 1.165) is 19.3 Å². The number of hydrogen-bond donors (Lipinski definition) is 0. The van der Waals surface area contributed by atoms with Gasteiger partial charge in [0.1, 0.15) is 13.2 Å². The summed E-state index contributed by atoms with van der Waals surface area (Å²) in [5.74, 6) is 1.13. The SMILES string of the molecule is O=S(=O)(c1ccc2c(c1)OCCO2)N1CCCCC1. The molecule has 2 aliphatic rings. The molecule has 5 nitrogen and oxygen atoms in total. The van der Waals surface area contributed by atoms with Crippen LogP contribution in [0.2, 0.25) is 0 Å². The van der Waals surface area contributed by atoms with Crippen molar-refractivity contribution in [1.29, 1.82) is 0 Å². The van der Waals surface area contributed by atoms with Crippen LogP contribution < -0.4 is 9.47 Å². The van der Waals surface area contributed by atoms with Crippen LogP contribution in [0.5, 0.6) is 11.5 Å². The van der Waals surface area contributed by atoms with Crippen molar-refractivity contribution in [2.75, 3.05) is 26.3 Å². The Morgan fingerprint density at radius 3 is 2.37 bits per heavy atom. The van der Waals surface area contributed by atoms with Gasteiger partial charge in [-0.25, -0.2) is 8.42 Å². The predicted octanol–water partition coefficient (Wildman–Crippen LogP) is 1.63. The highest BCUT2D eigenvalue weighted by Gasteiger charge is 2.27. The molecule has 2 aliphatic heterocycles. The highest BCUT2D eigenvalue weighted by Crippen LogP contribution is 2.33. The van der Waals surface area contributed by atoms with Gasteiger partial charge in [-0.2, -0.15) is 4.31 Å². The van der Waals surface area contributed by atoms with Crippen molar-refractivity contribution in [2.45, 2.75) is 24.2 Å². The van der Waals surface area contributed by atoms with E-state index in [1.54, 1.807) is 22.5 Å². The molecule has 2 heterocycles. The molecule has 0 aliphatic carbocycles. The van der Waals surface area contributed by atoms with Gasteiger partial charge in [-0.1, -0.05) is 6.42 Å². The van der Waals surface area contributed by atoms with Crippen molar-refractivity contribution in [3.63, 3.8) is 0 Å². The van der Waals surface area contributed by atoms with E-state index in [0.29, 0.717) is 42.7 Å². The second-order valence-corrected chi connectivity index (χ2v) is 6.71. The van der Waals surface area contributed by atoms with Crippen LogP contribution >= 0.6 is 0 Å². The van der Waals surface area contributed by atoms with Crippen molar-refractivity contribution >= 4 is 10.0 Å². The Hall–Kier alpha value is -1.27. The Bertz CT molecular complexity index is 564. The van der Waals surface area contributed by atoms with Crippen LogP contribution in [0.3, 0.4) is 0 Å². The van der Waals surface area contributed by atoms with E-state index in [4.69, 9.17) is 9.47 Å². The zero-order valence-corrected chi connectivity index (χ0v) is 11.5. The first-order valence-electron chi connectivity index (χ1n) is 6.58. The molecule has 104 valence electrons. The molecule has 0 radical (unpaired) electrons. The van der Waals surface area contributed by atoms with Crippen molar-refractivity contribution in [1.82, 2.24) is 4.31 Å². The van der Waals surface area contributed by atoms with Crippen molar-refractivity contribution < 1.29 is 17.9 Å². The summed E-state index contributed by atoms with van der Waals surface area (Å²) in [7, 11) is -3.40. The summed E-state index contributed by atoms with van der Waals surface area (Å²) in [6, 6.07) is 4.83. The van der Waals surface area contributed by atoms with E-state index in [2.05, 4.69) is 0 Å². The lowest BCUT2D eigenvalue weighted by atomic mass is 10.2. The van der Waals surface area contributed by atoms with Crippen molar-refractivity contribution in [2.24, 2.45) is 0 Å². The van der Waals surface area contributed by atoms with Gasteiger partial charge in [0.15, 0.2) is 11.5 Å². The zero-order chi connectivity index (χ0) is 13.3. The standard InChI is InChI=1S/C13H17NO4S/c15-19(16,14-6-2-1-3-7-14)11-4-5-12-13(10-11)18-9-8-17-12/h4-5,10H,1-3,6-9H2. The minimum Gasteiger partial charge on any atom is -0.486 e. The molecule has 1 saturated heterocycles. The fraction of sp³-hybridized carbons (Fsp3) is 0.538. The molecule has 0 bridgehead atoms. The van der Waals surface area contributed by atoms with Gasteiger partial charge in [0.2, 0.25) is 10.0 Å². The lowest BCUT2D eigenvalue weighted by Crippen LogP contribution is -2.35. The van der Waals surface area contributed by atoms with Crippen LogP contribution in [0, 0.1) is 0 Å². The average Bonchev–Trinajstić information content (AvgIpc) is 2.47. The fourth-order valence-corrected chi connectivity index (χ4v) is 3.97. The van der Waals surface area contributed by atoms with E-state index in [-0.39, 0.29) is 0 Å². The minimum absolute atomic E-state index is 0.290. The number of benzene rings is 1. The summed E-state index contributed by atoms with van der Waals surface area (Å²) in [5, 5.41) is 0. The first-order valence-corrected chi connectivity index (χ1v) is 8.02. The number of nitrogens with zero attached hydrogens (tertiary/aromatic N) is 1. The van der Waals surface area contributed by atoms with Gasteiger partial charge < -0.3 is 9.47 Å². The Balaban J connectivity index is 1.92. The Labute approximate surface area is 113 Å². The molecule has 0 unspecified atom stereocenters. The third-order valence-electron chi connectivity index (χ3n) is 3.47. The smallest absolute Gasteiger partial charge is 0.243 e. The third kappa shape index (κ3) is 2.42. The average molecular weight is 283 g/mol. The quantitative estimate of drug-likeness (QED) is 0.828. The minimum atomic E-state index is -3.40. The summed E-state index contributed by atoms with van der Waals surface area (Å²) in [4.78, 5) is 0.290. The zero-order valence-electron chi connectivity index (χ0n) is 10.7. The van der Waals surface area contributed by atoms with Crippen molar-refractivity contribution in [3.05, 3.63) is 18.2 Å². The molecule has 0 N–H and O–H groups in total. The molecule has 6 heteroatoms. The van der Waals surface area contributed by atoms with Gasteiger partial charge in [-0.05, 0) is 25.0 Å². The molecular weight excluding hydrogens is 266 g/mol. The molecule has 0 aromatic heterocycles. The molecule has 0 saturated carbocycles. The molecule has 1 aromatic carbocycles. The highest BCUT2D eigenvalue weighted by atomic mass is 32.2. The Morgan fingerprint density at radius 1 is 0.947 bits per heavy atom. The van der Waals surface area contributed by atoms with Gasteiger partial charge in [-0.3, -0.25) is 0 Å². The summed E-state index contributed by atoms with van der Waals surface area (Å²) >= 11 is 0. The number of ether oxygens (including phenoxy) is 2. The predicted molar refractivity (Wildman–Crippen MR) is 70.0 cm³/mol. The summed E-state index contributed by atoms with van der Waals surface area (Å²) < 4.78 is 37.4. The second kappa shape index (κ2) is 5.02. The van der Waals surface area contributed by atoms with E-state index < -0.39 is 10.0 Å². The van der Waals surface area contributed by atoms with E-state index in [1.807, 2.05) is 0 Å². The number of fused-ring (bicyclic) bond motifs is 1. The van der Waals surface area contributed by atoms with Gasteiger partial charge >= 0.3 is 0 Å². The largest absolute Gasteiger partial charge is 0.486 e. The van der Waals surface area contributed by atoms with Crippen LogP contribution in [-0.2, 0) is 10.0 Å². The second-order valence-electron chi connectivity index (χ2n) is 4.77. The lowest BCUT2D eigenvalue weighted by Gasteiger charge is -2.26. The molecule has 0 amide bonds. The van der Waals surface area contributed by atoms with Crippen LogP contribution in [0.15, 0.2) is 23.1 Å². The molecule has 1 fully saturated rings. The highest BCUT2D eigenvalue weighted by molar-refractivity contribution is 7.89. The number of hydrogen-bond acceptors (Lipinski definition) is 4. The summed E-state index contributed by atoms with van der Waals surface area (Å²) in [6.45, 7) is 2.18. The third-order valence-corrected chi connectivity index (χ3v) is 5.36. The van der Waals surface area contributed by atoms with Gasteiger partial charge in [0.05, 0.1) is 4.90 Å². The maximum atomic E-state index is 12.5. The number of piperidine rings is 1. The van der Waals surface area contributed by atoms with Gasteiger partial charge in [0.25, 0.3) is 0 Å². The first kappa shape index (κ1) is 12.7. The first-order chi connectivity index (χ1) is 9.18. The fourth-order valence-electron chi connectivity index (χ4n) is 2.44.